The number of aliphatic hydroxyl groups excluding tert-OH is 2. The van der Waals surface area contributed by atoms with Crippen molar-refractivity contribution in [2.75, 3.05) is 6.61 Å². The molecule has 0 saturated carbocycles. The molecule has 0 aliphatic rings. The Kier molecular flexibility index (Phi) is 4.97. The zero-order valence-corrected chi connectivity index (χ0v) is 10.4. The van der Waals surface area contributed by atoms with E-state index in [2.05, 4.69) is 32.0 Å². The van der Waals surface area contributed by atoms with Gasteiger partial charge in [-0.15, -0.1) is 0 Å². The van der Waals surface area contributed by atoms with Crippen molar-refractivity contribution < 1.29 is 10.2 Å². The van der Waals surface area contributed by atoms with Gasteiger partial charge in [0.15, 0.2) is 0 Å². The maximum absolute atomic E-state index is 10.0. The molecule has 0 aliphatic carbocycles. The Bertz CT molecular complexity index is 332. The Labute approximate surface area is 97.9 Å². The van der Waals surface area contributed by atoms with Crippen LogP contribution >= 0.6 is 0 Å². The fourth-order valence-corrected chi connectivity index (χ4v) is 1.82. The highest BCUT2D eigenvalue weighted by atomic mass is 16.3. The standard InChI is InChI=1S/C14H22O2/c1-10(2)12-7-6-11(3)13(9-12)14(16)5-4-8-15/h6-7,9-10,14-16H,4-5,8H2,1-3H3. The first kappa shape index (κ1) is 13.2. The van der Waals surface area contributed by atoms with Crippen LogP contribution in [-0.4, -0.2) is 16.8 Å². The van der Waals surface area contributed by atoms with Crippen LogP contribution in [0.25, 0.3) is 0 Å². The molecule has 1 aromatic carbocycles. The molecule has 2 nitrogen and oxygen atoms in total. The van der Waals surface area contributed by atoms with Crippen molar-refractivity contribution in [3.8, 4) is 0 Å². The molecular formula is C14H22O2. The molecule has 0 spiro atoms. The molecule has 0 aliphatic heterocycles. The number of hydrogen-bond acceptors (Lipinski definition) is 2. The molecule has 16 heavy (non-hydrogen) atoms. The molecular weight excluding hydrogens is 200 g/mol. The molecule has 2 heteroatoms. The second-order valence-electron chi connectivity index (χ2n) is 4.65. The van der Waals surface area contributed by atoms with Gasteiger partial charge in [-0.05, 0) is 42.4 Å². The van der Waals surface area contributed by atoms with Crippen molar-refractivity contribution in [2.24, 2.45) is 0 Å². The minimum Gasteiger partial charge on any atom is -0.396 e. The van der Waals surface area contributed by atoms with E-state index in [0.717, 1.165) is 11.1 Å². The van der Waals surface area contributed by atoms with E-state index in [1.54, 1.807) is 0 Å². The lowest BCUT2D eigenvalue weighted by atomic mass is 9.94. The van der Waals surface area contributed by atoms with Crippen LogP contribution in [0.3, 0.4) is 0 Å². The summed E-state index contributed by atoms with van der Waals surface area (Å²) in [6.07, 6.45) is 0.816. The van der Waals surface area contributed by atoms with Crippen molar-refractivity contribution in [1.82, 2.24) is 0 Å². The van der Waals surface area contributed by atoms with E-state index in [0.29, 0.717) is 18.8 Å². The van der Waals surface area contributed by atoms with Crippen LogP contribution in [0.1, 0.15) is 55.4 Å². The monoisotopic (exact) mass is 222 g/mol. The molecule has 0 heterocycles. The van der Waals surface area contributed by atoms with Crippen LogP contribution < -0.4 is 0 Å². The Morgan fingerprint density at radius 3 is 2.50 bits per heavy atom. The smallest absolute Gasteiger partial charge is 0.0793 e. The lowest BCUT2D eigenvalue weighted by Crippen LogP contribution is -2.03. The fourth-order valence-electron chi connectivity index (χ4n) is 1.82. The van der Waals surface area contributed by atoms with Gasteiger partial charge >= 0.3 is 0 Å². The zero-order valence-electron chi connectivity index (χ0n) is 10.4. The van der Waals surface area contributed by atoms with Crippen LogP contribution in [0.5, 0.6) is 0 Å². The average Bonchev–Trinajstić information content (AvgIpc) is 2.26. The van der Waals surface area contributed by atoms with Crippen molar-refractivity contribution in [3.63, 3.8) is 0 Å². The Morgan fingerprint density at radius 2 is 1.94 bits per heavy atom. The molecule has 1 aromatic rings. The van der Waals surface area contributed by atoms with E-state index >= 15 is 0 Å². The van der Waals surface area contributed by atoms with Crippen molar-refractivity contribution in [1.29, 1.82) is 0 Å². The van der Waals surface area contributed by atoms with E-state index in [9.17, 15) is 5.11 Å². The van der Waals surface area contributed by atoms with Crippen LogP contribution in [0.15, 0.2) is 18.2 Å². The van der Waals surface area contributed by atoms with Gasteiger partial charge in [0.05, 0.1) is 6.10 Å². The van der Waals surface area contributed by atoms with Gasteiger partial charge in [0, 0.05) is 6.61 Å². The van der Waals surface area contributed by atoms with Gasteiger partial charge in [0.25, 0.3) is 0 Å². The Morgan fingerprint density at radius 1 is 1.25 bits per heavy atom. The van der Waals surface area contributed by atoms with Crippen LogP contribution in [-0.2, 0) is 0 Å². The third-order valence-corrected chi connectivity index (χ3v) is 2.96. The van der Waals surface area contributed by atoms with Crippen LogP contribution in [0, 0.1) is 6.92 Å². The third kappa shape index (κ3) is 3.32. The quantitative estimate of drug-likeness (QED) is 0.804. The normalized spacial score (nSPS) is 13.1. The summed E-state index contributed by atoms with van der Waals surface area (Å²) in [5.41, 5.74) is 3.37. The summed E-state index contributed by atoms with van der Waals surface area (Å²) in [4.78, 5) is 0. The molecule has 0 bridgehead atoms. The number of hydrogen-bond donors (Lipinski definition) is 2. The zero-order chi connectivity index (χ0) is 12.1. The fraction of sp³-hybridized carbons (Fsp3) is 0.571. The van der Waals surface area contributed by atoms with E-state index in [1.165, 1.54) is 5.56 Å². The molecule has 1 atom stereocenters. The number of aliphatic hydroxyl groups is 2. The van der Waals surface area contributed by atoms with Gasteiger partial charge in [-0.25, -0.2) is 0 Å². The first-order valence-electron chi connectivity index (χ1n) is 5.95. The van der Waals surface area contributed by atoms with Gasteiger partial charge in [0.2, 0.25) is 0 Å². The molecule has 0 fully saturated rings. The van der Waals surface area contributed by atoms with E-state index in [1.807, 2.05) is 6.92 Å². The SMILES string of the molecule is Cc1ccc(C(C)C)cc1C(O)CCCO. The first-order valence-corrected chi connectivity index (χ1v) is 5.95. The topological polar surface area (TPSA) is 40.5 Å². The number of benzene rings is 1. The van der Waals surface area contributed by atoms with E-state index in [-0.39, 0.29) is 6.61 Å². The van der Waals surface area contributed by atoms with Gasteiger partial charge in [-0.2, -0.15) is 0 Å². The molecule has 2 N–H and O–H groups in total. The first-order chi connectivity index (χ1) is 7.56. The highest BCUT2D eigenvalue weighted by Gasteiger charge is 2.11. The minimum atomic E-state index is -0.453. The van der Waals surface area contributed by atoms with Crippen LogP contribution in [0.4, 0.5) is 0 Å². The second kappa shape index (κ2) is 6.02. The van der Waals surface area contributed by atoms with Gasteiger partial charge < -0.3 is 10.2 Å². The summed E-state index contributed by atoms with van der Waals surface area (Å²) in [5.74, 6) is 0.476. The van der Waals surface area contributed by atoms with E-state index in [4.69, 9.17) is 5.11 Å². The lowest BCUT2D eigenvalue weighted by Gasteiger charge is -2.16. The Hall–Kier alpha value is -0.860. The molecule has 90 valence electrons. The number of rotatable bonds is 5. The van der Waals surface area contributed by atoms with Crippen molar-refractivity contribution in [3.05, 3.63) is 34.9 Å². The van der Waals surface area contributed by atoms with Crippen molar-refractivity contribution in [2.45, 2.75) is 45.6 Å². The number of aryl methyl sites for hydroxylation is 1. The predicted molar refractivity (Wildman–Crippen MR) is 66.5 cm³/mol. The summed E-state index contributed by atoms with van der Waals surface area (Å²) in [6, 6.07) is 6.26. The lowest BCUT2D eigenvalue weighted by molar-refractivity contribution is 0.151. The van der Waals surface area contributed by atoms with Crippen LogP contribution in [0.2, 0.25) is 0 Å². The predicted octanol–water partition coefficient (Wildman–Crippen LogP) is 2.92. The summed E-state index contributed by atoms with van der Waals surface area (Å²) in [6.45, 7) is 6.45. The largest absolute Gasteiger partial charge is 0.396 e. The summed E-state index contributed by atoms with van der Waals surface area (Å²) in [7, 11) is 0. The molecule has 0 saturated heterocycles. The molecule has 1 rings (SSSR count). The maximum atomic E-state index is 10.0. The summed E-state index contributed by atoms with van der Waals surface area (Å²) >= 11 is 0. The molecule has 1 unspecified atom stereocenters. The Balaban J connectivity index is 2.88. The maximum Gasteiger partial charge on any atom is 0.0793 e. The highest BCUT2D eigenvalue weighted by Crippen LogP contribution is 2.25. The van der Waals surface area contributed by atoms with Gasteiger partial charge in [0.1, 0.15) is 0 Å². The van der Waals surface area contributed by atoms with Crippen molar-refractivity contribution >= 4 is 0 Å². The minimum absolute atomic E-state index is 0.139. The second-order valence-corrected chi connectivity index (χ2v) is 4.65. The van der Waals surface area contributed by atoms with E-state index < -0.39 is 6.10 Å². The summed E-state index contributed by atoms with van der Waals surface area (Å²) < 4.78 is 0. The molecule has 0 amide bonds. The highest BCUT2D eigenvalue weighted by molar-refractivity contribution is 5.34. The average molecular weight is 222 g/mol. The van der Waals surface area contributed by atoms with Gasteiger partial charge in [-0.1, -0.05) is 32.0 Å². The van der Waals surface area contributed by atoms with Gasteiger partial charge in [-0.3, -0.25) is 0 Å². The third-order valence-electron chi connectivity index (χ3n) is 2.96. The summed E-state index contributed by atoms with van der Waals surface area (Å²) in [5, 5.41) is 18.8. The molecule has 0 radical (unpaired) electrons. The molecule has 0 aromatic heterocycles.